The fourth-order valence-corrected chi connectivity index (χ4v) is 1.66. The normalized spacial score (nSPS) is 13.8. The smallest absolute Gasteiger partial charge is 0.0595 e. The van der Waals surface area contributed by atoms with Crippen molar-refractivity contribution in [2.24, 2.45) is 0 Å². The summed E-state index contributed by atoms with van der Waals surface area (Å²) in [4.78, 5) is 0. The molecule has 0 radical (unpaired) electrons. The zero-order valence-electron chi connectivity index (χ0n) is 6.23. The SMILES string of the molecule is Cl.Clc1cc2c(cc1Cl)CNC2. The molecule has 2 rings (SSSR count). The summed E-state index contributed by atoms with van der Waals surface area (Å²) in [5.74, 6) is 0. The molecule has 1 aliphatic rings. The highest BCUT2D eigenvalue weighted by Crippen LogP contribution is 2.27. The van der Waals surface area contributed by atoms with Crippen molar-refractivity contribution in [2.75, 3.05) is 0 Å². The second kappa shape index (κ2) is 3.84. The van der Waals surface area contributed by atoms with Crippen LogP contribution in [0.4, 0.5) is 0 Å². The second-order valence-corrected chi connectivity index (χ2v) is 3.45. The molecule has 1 aromatic carbocycles. The van der Waals surface area contributed by atoms with Crippen molar-refractivity contribution < 1.29 is 0 Å². The van der Waals surface area contributed by atoms with Crippen LogP contribution in [0.5, 0.6) is 0 Å². The van der Waals surface area contributed by atoms with Crippen molar-refractivity contribution in [1.82, 2.24) is 5.32 Å². The lowest BCUT2D eigenvalue weighted by Gasteiger charge is -1.99. The van der Waals surface area contributed by atoms with Gasteiger partial charge in [0.1, 0.15) is 0 Å². The van der Waals surface area contributed by atoms with Gasteiger partial charge in [-0.05, 0) is 23.3 Å². The van der Waals surface area contributed by atoms with Crippen LogP contribution in [0.2, 0.25) is 10.0 Å². The molecule has 0 aliphatic carbocycles. The Morgan fingerprint density at radius 2 is 1.42 bits per heavy atom. The van der Waals surface area contributed by atoms with E-state index in [4.69, 9.17) is 23.2 Å². The Hall–Kier alpha value is 0.0500. The van der Waals surface area contributed by atoms with Crippen molar-refractivity contribution >= 4 is 35.6 Å². The van der Waals surface area contributed by atoms with Gasteiger partial charge in [-0.2, -0.15) is 0 Å². The third-order valence-electron chi connectivity index (χ3n) is 1.87. The molecule has 4 heteroatoms. The van der Waals surface area contributed by atoms with Gasteiger partial charge in [-0.15, -0.1) is 12.4 Å². The summed E-state index contributed by atoms with van der Waals surface area (Å²) in [6.07, 6.45) is 0. The number of rotatable bonds is 0. The van der Waals surface area contributed by atoms with Gasteiger partial charge in [-0.3, -0.25) is 0 Å². The minimum atomic E-state index is 0. The summed E-state index contributed by atoms with van der Waals surface area (Å²) < 4.78 is 0. The highest BCUT2D eigenvalue weighted by molar-refractivity contribution is 6.42. The maximum atomic E-state index is 5.83. The zero-order valence-corrected chi connectivity index (χ0v) is 8.56. The van der Waals surface area contributed by atoms with Gasteiger partial charge >= 0.3 is 0 Å². The molecule has 12 heavy (non-hydrogen) atoms. The Kier molecular flexibility index (Phi) is 3.24. The first-order valence-corrected chi connectivity index (χ1v) is 4.20. The fraction of sp³-hybridized carbons (Fsp3) is 0.250. The van der Waals surface area contributed by atoms with E-state index in [1.165, 1.54) is 11.1 Å². The third kappa shape index (κ3) is 1.69. The lowest BCUT2D eigenvalue weighted by molar-refractivity contribution is 0.765. The van der Waals surface area contributed by atoms with Gasteiger partial charge < -0.3 is 5.32 Å². The molecule has 0 amide bonds. The van der Waals surface area contributed by atoms with E-state index >= 15 is 0 Å². The number of hydrogen-bond acceptors (Lipinski definition) is 1. The largest absolute Gasteiger partial charge is 0.309 e. The van der Waals surface area contributed by atoms with Crippen LogP contribution in [0.3, 0.4) is 0 Å². The average Bonchev–Trinajstić information content (AvgIpc) is 2.36. The van der Waals surface area contributed by atoms with Gasteiger partial charge in [-0.25, -0.2) is 0 Å². The van der Waals surface area contributed by atoms with Crippen molar-refractivity contribution in [3.8, 4) is 0 Å². The van der Waals surface area contributed by atoms with Crippen LogP contribution in [0, 0.1) is 0 Å². The molecular formula is C8H8Cl3N. The van der Waals surface area contributed by atoms with E-state index in [0.717, 1.165) is 13.1 Å². The lowest BCUT2D eigenvalue weighted by atomic mass is 10.1. The molecule has 0 aromatic heterocycles. The van der Waals surface area contributed by atoms with E-state index in [1.54, 1.807) is 0 Å². The molecule has 0 saturated carbocycles. The summed E-state index contributed by atoms with van der Waals surface area (Å²) in [7, 11) is 0. The monoisotopic (exact) mass is 223 g/mol. The number of fused-ring (bicyclic) bond motifs is 1. The first kappa shape index (κ1) is 10.1. The predicted octanol–water partition coefficient (Wildman–Crippen LogP) is 3.02. The highest BCUT2D eigenvalue weighted by Gasteiger charge is 2.11. The minimum Gasteiger partial charge on any atom is -0.309 e. The van der Waals surface area contributed by atoms with Gasteiger partial charge in [0.2, 0.25) is 0 Å². The van der Waals surface area contributed by atoms with Gasteiger partial charge in [0, 0.05) is 13.1 Å². The van der Waals surface area contributed by atoms with Gasteiger partial charge in [0.05, 0.1) is 10.0 Å². The van der Waals surface area contributed by atoms with Crippen molar-refractivity contribution in [3.05, 3.63) is 33.3 Å². The van der Waals surface area contributed by atoms with E-state index in [9.17, 15) is 0 Å². The predicted molar refractivity (Wildman–Crippen MR) is 54.3 cm³/mol. The molecule has 66 valence electrons. The Morgan fingerprint density at radius 1 is 1.00 bits per heavy atom. The number of nitrogens with one attached hydrogen (secondary N) is 1. The minimum absolute atomic E-state index is 0. The zero-order chi connectivity index (χ0) is 7.84. The van der Waals surface area contributed by atoms with Gasteiger partial charge in [0.15, 0.2) is 0 Å². The molecule has 0 spiro atoms. The Bertz CT molecular complexity index is 270. The third-order valence-corrected chi connectivity index (χ3v) is 2.60. The Labute approximate surface area is 87.5 Å². The molecular weight excluding hydrogens is 216 g/mol. The van der Waals surface area contributed by atoms with Gasteiger partial charge in [0.25, 0.3) is 0 Å². The summed E-state index contributed by atoms with van der Waals surface area (Å²) in [6.45, 7) is 1.82. The van der Waals surface area contributed by atoms with Crippen LogP contribution in [-0.2, 0) is 13.1 Å². The topological polar surface area (TPSA) is 12.0 Å². The first-order valence-electron chi connectivity index (χ1n) is 3.45. The van der Waals surface area contributed by atoms with Crippen LogP contribution in [-0.4, -0.2) is 0 Å². The molecule has 0 bridgehead atoms. The Balaban J connectivity index is 0.000000720. The molecule has 0 atom stereocenters. The summed E-state index contributed by atoms with van der Waals surface area (Å²) >= 11 is 11.7. The van der Waals surface area contributed by atoms with E-state index in [-0.39, 0.29) is 12.4 Å². The highest BCUT2D eigenvalue weighted by atomic mass is 35.5. The summed E-state index contributed by atoms with van der Waals surface area (Å²) in [5.41, 5.74) is 2.53. The molecule has 1 N–H and O–H groups in total. The molecule has 0 unspecified atom stereocenters. The van der Waals surface area contributed by atoms with Crippen LogP contribution in [0.1, 0.15) is 11.1 Å². The van der Waals surface area contributed by atoms with Crippen molar-refractivity contribution in [2.45, 2.75) is 13.1 Å². The summed E-state index contributed by atoms with van der Waals surface area (Å²) in [5, 5.41) is 4.52. The van der Waals surface area contributed by atoms with Gasteiger partial charge in [-0.1, -0.05) is 23.2 Å². The van der Waals surface area contributed by atoms with E-state index in [0.29, 0.717) is 10.0 Å². The average molecular weight is 225 g/mol. The standard InChI is InChI=1S/C8H7Cl2N.ClH/c9-7-1-5-3-11-4-6(5)2-8(7)10;/h1-2,11H,3-4H2;1H. The van der Waals surface area contributed by atoms with Crippen LogP contribution < -0.4 is 5.32 Å². The summed E-state index contributed by atoms with van der Waals surface area (Å²) in [6, 6.07) is 3.86. The number of benzene rings is 1. The van der Waals surface area contributed by atoms with E-state index < -0.39 is 0 Å². The molecule has 1 heterocycles. The molecule has 1 aliphatic heterocycles. The molecule has 1 aromatic rings. The van der Waals surface area contributed by atoms with Crippen LogP contribution in [0.15, 0.2) is 12.1 Å². The molecule has 1 nitrogen and oxygen atoms in total. The second-order valence-electron chi connectivity index (χ2n) is 2.64. The van der Waals surface area contributed by atoms with Crippen molar-refractivity contribution in [3.63, 3.8) is 0 Å². The molecule has 0 fully saturated rings. The van der Waals surface area contributed by atoms with E-state index in [2.05, 4.69) is 5.32 Å². The lowest BCUT2D eigenvalue weighted by Crippen LogP contribution is -1.99. The maximum absolute atomic E-state index is 5.83. The quantitative estimate of drug-likeness (QED) is 0.714. The fourth-order valence-electron chi connectivity index (χ4n) is 1.29. The number of halogens is 3. The maximum Gasteiger partial charge on any atom is 0.0595 e. The first-order chi connectivity index (χ1) is 5.27. The molecule has 0 saturated heterocycles. The van der Waals surface area contributed by atoms with Crippen LogP contribution >= 0.6 is 35.6 Å². The number of hydrogen-bond donors (Lipinski definition) is 1. The Morgan fingerprint density at radius 3 is 1.83 bits per heavy atom. The van der Waals surface area contributed by atoms with E-state index in [1.807, 2.05) is 12.1 Å². The van der Waals surface area contributed by atoms with Crippen molar-refractivity contribution in [1.29, 1.82) is 0 Å². The van der Waals surface area contributed by atoms with Crippen LogP contribution in [0.25, 0.3) is 0 Å².